The van der Waals surface area contributed by atoms with E-state index >= 15 is 0 Å². The van der Waals surface area contributed by atoms with Crippen molar-refractivity contribution in [2.45, 2.75) is 5.79 Å². The average molecular weight is 314 g/mol. The summed E-state index contributed by atoms with van der Waals surface area (Å²) in [5.74, 6) is -0.840. The molecule has 2 aromatic rings. The molecule has 4 rings (SSSR count). The minimum absolute atomic E-state index is 0.0788. The number of hydrogen-bond acceptors (Lipinski definition) is 4. The van der Waals surface area contributed by atoms with Crippen molar-refractivity contribution in [1.29, 1.82) is 0 Å². The van der Waals surface area contributed by atoms with Gasteiger partial charge in [0.2, 0.25) is 5.78 Å². The molecule has 0 aromatic heterocycles. The third kappa shape index (κ3) is 1.59. The summed E-state index contributed by atoms with van der Waals surface area (Å²) in [6.45, 7) is 0. The zero-order valence-corrected chi connectivity index (χ0v) is 12.5. The Balaban J connectivity index is 2.03. The lowest BCUT2D eigenvalue weighted by molar-refractivity contribution is -0.144. The lowest BCUT2D eigenvalue weighted by Gasteiger charge is -2.42. The number of rotatable bonds is 1. The summed E-state index contributed by atoms with van der Waals surface area (Å²) in [6, 6.07) is 14.6. The van der Waals surface area contributed by atoms with Crippen molar-refractivity contribution in [2.75, 3.05) is 12.4 Å². The summed E-state index contributed by atoms with van der Waals surface area (Å²) in [7, 11) is 1.53. The van der Waals surface area contributed by atoms with Crippen molar-refractivity contribution in [1.82, 2.24) is 0 Å². The predicted molar refractivity (Wildman–Crippen MR) is 83.0 cm³/mol. The van der Waals surface area contributed by atoms with E-state index in [1.807, 2.05) is 36.4 Å². The van der Waals surface area contributed by atoms with E-state index in [0.29, 0.717) is 22.6 Å². The summed E-state index contributed by atoms with van der Waals surface area (Å²) in [4.78, 5) is 12.5. The number of benzene rings is 2. The number of methoxy groups -OCH3 is 1. The number of allylic oxidation sites excluding steroid dienone is 1. The van der Waals surface area contributed by atoms with Crippen molar-refractivity contribution in [2.24, 2.45) is 0 Å². The second-order valence-corrected chi connectivity index (χ2v) is 5.49. The second kappa shape index (κ2) is 4.60. The number of carbonyl (C=O) groups is 1. The van der Waals surface area contributed by atoms with Crippen LogP contribution in [0.3, 0.4) is 0 Å². The normalized spacial score (nSPS) is 22.2. The number of nitrogens with one attached hydrogen (secondary N) is 1. The lowest BCUT2D eigenvalue weighted by atomic mass is 9.87. The Morgan fingerprint density at radius 3 is 2.68 bits per heavy atom. The van der Waals surface area contributed by atoms with Gasteiger partial charge in [0.05, 0.1) is 5.69 Å². The van der Waals surface area contributed by atoms with E-state index in [-0.39, 0.29) is 10.8 Å². The molecule has 2 aliphatic rings. The Kier molecular flexibility index (Phi) is 2.79. The third-order valence-corrected chi connectivity index (χ3v) is 4.32. The first-order valence-corrected chi connectivity index (χ1v) is 7.20. The monoisotopic (exact) mass is 313 g/mol. The van der Waals surface area contributed by atoms with Crippen LogP contribution in [0.5, 0.6) is 5.75 Å². The molecule has 1 heterocycles. The standard InChI is InChI=1S/C17H12ClNO3/c1-21-17-11-7-3-2-6-10(11)15(20)14(18)16(17)19-12-8-4-5-9-13(12)22-17/h2-9,19H,1H3. The van der Waals surface area contributed by atoms with Gasteiger partial charge in [-0.15, -0.1) is 0 Å². The van der Waals surface area contributed by atoms with E-state index in [2.05, 4.69) is 5.32 Å². The topological polar surface area (TPSA) is 47.6 Å². The Hall–Kier alpha value is -2.30. The van der Waals surface area contributed by atoms with Gasteiger partial charge >= 0.3 is 0 Å². The molecule has 0 fully saturated rings. The number of anilines is 1. The predicted octanol–water partition coefficient (Wildman–Crippen LogP) is 3.64. The molecule has 0 amide bonds. The summed E-state index contributed by atoms with van der Waals surface area (Å²) in [5, 5.41) is 3.27. The largest absolute Gasteiger partial charge is 0.450 e. The van der Waals surface area contributed by atoms with Gasteiger partial charge in [-0.1, -0.05) is 48.0 Å². The number of fused-ring (bicyclic) bond motifs is 4. The third-order valence-electron chi connectivity index (χ3n) is 3.96. The Labute approximate surface area is 132 Å². The van der Waals surface area contributed by atoms with Gasteiger partial charge in [-0.05, 0) is 12.1 Å². The molecule has 0 saturated carbocycles. The maximum absolute atomic E-state index is 12.5. The van der Waals surface area contributed by atoms with Crippen LogP contribution in [0.15, 0.2) is 59.3 Å². The highest BCUT2D eigenvalue weighted by Crippen LogP contribution is 2.49. The van der Waals surface area contributed by atoms with Gasteiger partial charge in [0.25, 0.3) is 5.79 Å². The quantitative estimate of drug-likeness (QED) is 0.873. The molecule has 110 valence electrons. The average Bonchev–Trinajstić information content (AvgIpc) is 2.58. The Morgan fingerprint density at radius 2 is 1.86 bits per heavy atom. The zero-order valence-electron chi connectivity index (χ0n) is 11.7. The van der Waals surface area contributed by atoms with Gasteiger partial charge in [0, 0.05) is 18.2 Å². The maximum Gasteiger partial charge on any atom is 0.281 e. The number of hydrogen-bond donors (Lipinski definition) is 1. The molecule has 1 atom stereocenters. The fourth-order valence-corrected chi connectivity index (χ4v) is 3.20. The molecular formula is C17H12ClNO3. The van der Waals surface area contributed by atoms with Gasteiger partial charge in [0.15, 0.2) is 0 Å². The van der Waals surface area contributed by atoms with Gasteiger partial charge < -0.3 is 14.8 Å². The molecule has 2 aromatic carbocycles. The SMILES string of the molecule is COC12Oc3ccccc3NC1=C(Cl)C(=O)c1ccccc12. The first-order valence-electron chi connectivity index (χ1n) is 6.82. The van der Waals surface area contributed by atoms with Crippen LogP contribution in [0.4, 0.5) is 5.69 Å². The number of carbonyl (C=O) groups excluding carboxylic acids is 1. The zero-order chi connectivity index (χ0) is 15.3. The lowest BCUT2D eigenvalue weighted by Crippen LogP contribution is -2.47. The van der Waals surface area contributed by atoms with Crippen LogP contribution in [0.25, 0.3) is 0 Å². The van der Waals surface area contributed by atoms with Gasteiger partial charge in [-0.2, -0.15) is 0 Å². The van der Waals surface area contributed by atoms with Crippen molar-refractivity contribution in [3.63, 3.8) is 0 Å². The molecule has 1 N–H and O–H groups in total. The minimum Gasteiger partial charge on any atom is -0.450 e. The van der Waals surface area contributed by atoms with E-state index in [0.717, 1.165) is 5.69 Å². The van der Waals surface area contributed by atoms with E-state index in [4.69, 9.17) is 21.1 Å². The molecule has 1 unspecified atom stereocenters. The Morgan fingerprint density at radius 1 is 1.14 bits per heavy atom. The molecule has 22 heavy (non-hydrogen) atoms. The smallest absolute Gasteiger partial charge is 0.281 e. The number of Topliss-reactive ketones (excluding diaryl/α,β-unsaturated/α-hetero) is 1. The number of ketones is 1. The second-order valence-electron chi connectivity index (χ2n) is 5.11. The van der Waals surface area contributed by atoms with E-state index < -0.39 is 5.79 Å². The van der Waals surface area contributed by atoms with E-state index in [9.17, 15) is 4.79 Å². The fourth-order valence-electron chi connectivity index (χ4n) is 2.92. The number of ether oxygens (including phenoxy) is 2. The van der Waals surface area contributed by atoms with E-state index in [1.54, 1.807) is 12.1 Å². The van der Waals surface area contributed by atoms with Crippen LogP contribution in [0, 0.1) is 0 Å². The molecule has 1 aliphatic carbocycles. The first-order chi connectivity index (χ1) is 10.7. The molecular weight excluding hydrogens is 302 g/mol. The number of para-hydroxylation sites is 2. The molecule has 0 saturated heterocycles. The highest BCUT2D eigenvalue weighted by atomic mass is 35.5. The minimum atomic E-state index is -1.24. The Bertz CT molecular complexity index is 830. The summed E-state index contributed by atoms with van der Waals surface area (Å²) >= 11 is 6.31. The summed E-state index contributed by atoms with van der Waals surface area (Å²) in [6.07, 6.45) is 0. The molecule has 5 heteroatoms. The molecule has 0 bridgehead atoms. The van der Waals surface area contributed by atoms with Crippen molar-refractivity contribution in [3.05, 3.63) is 70.4 Å². The summed E-state index contributed by atoms with van der Waals surface area (Å²) < 4.78 is 11.8. The number of halogens is 1. The van der Waals surface area contributed by atoms with Crippen LogP contribution < -0.4 is 10.1 Å². The molecule has 0 spiro atoms. The van der Waals surface area contributed by atoms with Crippen LogP contribution in [-0.4, -0.2) is 12.9 Å². The first kappa shape index (κ1) is 13.4. The summed E-state index contributed by atoms with van der Waals surface area (Å²) in [5.41, 5.74) is 2.29. The van der Waals surface area contributed by atoms with Crippen LogP contribution in [-0.2, 0) is 10.5 Å². The van der Waals surface area contributed by atoms with Crippen molar-refractivity contribution in [3.8, 4) is 5.75 Å². The highest BCUT2D eigenvalue weighted by Gasteiger charge is 2.51. The van der Waals surface area contributed by atoms with Crippen LogP contribution in [0.2, 0.25) is 0 Å². The maximum atomic E-state index is 12.5. The van der Waals surface area contributed by atoms with Gasteiger partial charge in [-0.25, -0.2) is 0 Å². The molecule has 4 nitrogen and oxygen atoms in total. The fraction of sp³-hybridized carbons (Fsp3) is 0.118. The molecule has 0 radical (unpaired) electrons. The van der Waals surface area contributed by atoms with Crippen LogP contribution >= 0.6 is 11.6 Å². The van der Waals surface area contributed by atoms with Crippen LogP contribution in [0.1, 0.15) is 15.9 Å². The van der Waals surface area contributed by atoms with Crippen molar-refractivity contribution >= 4 is 23.1 Å². The van der Waals surface area contributed by atoms with Gasteiger partial charge in [0.1, 0.15) is 16.5 Å². The van der Waals surface area contributed by atoms with Crippen molar-refractivity contribution < 1.29 is 14.3 Å². The molecule has 1 aliphatic heterocycles. The van der Waals surface area contributed by atoms with E-state index in [1.165, 1.54) is 7.11 Å². The van der Waals surface area contributed by atoms with Gasteiger partial charge in [-0.3, -0.25) is 4.79 Å². The highest BCUT2D eigenvalue weighted by molar-refractivity contribution is 6.46.